The lowest BCUT2D eigenvalue weighted by Gasteiger charge is -2.36. The topological polar surface area (TPSA) is 79.2 Å². The number of aryl methyl sites for hydroxylation is 1. The molecule has 3 heterocycles. The van der Waals surface area contributed by atoms with Crippen molar-refractivity contribution in [1.29, 1.82) is 0 Å². The minimum absolute atomic E-state index is 0.0150. The van der Waals surface area contributed by atoms with E-state index >= 15 is 0 Å². The van der Waals surface area contributed by atoms with Crippen LogP contribution in [0.15, 0.2) is 52.1 Å². The number of nitrogens with one attached hydrogen (secondary N) is 1. The number of hydrogen-bond acceptors (Lipinski definition) is 5. The minimum Gasteiger partial charge on any atom is -0.369 e. The molecular weight excluding hydrogens is 494 g/mol. The lowest BCUT2D eigenvalue weighted by atomic mass is 10.2. The molecule has 0 bridgehead atoms. The Bertz CT molecular complexity index is 1500. The van der Waals surface area contributed by atoms with Crippen LogP contribution in [-0.2, 0) is 20.1 Å². The van der Waals surface area contributed by atoms with Crippen molar-refractivity contribution in [2.24, 2.45) is 7.05 Å². The summed E-state index contributed by atoms with van der Waals surface area (Å²) in [5, 5.41) is 0.954. The van der Waals surface area contributed by atoms with Crippen LogP contribution >= 0.6 is 23.2 Å². The minimum atomic E-state index is -0.569. The van der Waals surface area contributed by atoms with Crippen molar-refractivity contribution < 1.29 is 4.39 Å². The van der Waals surface area contributed by atoms with Crippen molar-refractivity contribution in [3.05, 3.63) is 90.6 Å². The third kappa shape index (κ3) is 4.59. The fourth-order valence-corrected chi connectivity index (χ4v) is 4.86. The molecule has 2 aromatic heterocycles. The van der Waals surface area contributed by atoms with Crippen molar-refractivity contribution in [3.8, 4) is 0 Å². The van der Waals surface area contributed by atoms with E-state index in [2.05, 4.69) is 19.8 Å². The fraction of sp³-hybridized carbons (Fsp3) is 0.292. The molecule has 0 aliphatic carbocycles. The molecule has 1 saturated heterocycles. The third-order valence-electron chi connectivity index (χ3n) is 6.37. The Morgan fingerprint density at radius 1 is 1.03 bits per heavy atom. The zero-order valence-electron chi connectivity index (χ0n) is 19.0. The number of aromatic nitrogens is 4. The van der Waals surface area contributed by atoms with Gasteiger partial charge in [0.1, 0.15) is 11.6 Å². The maximum Gasteiger partial charge on any atom is 0.329 e. The molecule has 1 fully saturated rings. The highest BCUT2D eigenvalue weighted by atomic mass is 35.5. The highest BCUT2D eigenvalue weighted by molar-refractivity contribution is 6.31. The molecule has 0 atom stereocenters. The summed E-state index contributed by atoms with van der Waals surface area (Å²) in [4.78, 5) is 36.4. The zero-order chi connectivity index (χ0) is 24.7. The summed E-state index contributed by atoms with van der Waals surface area (Å²) in [6, 6.07) is 12.2. The van der Waals surface area contributed by atoms with E-state index in [9.17, 15) is 14.0 Å². The van der Waals surface area contributed by atoms with Gasteiger partial charge in [-0.1, -0.05) is 35.3 Å². The number of fused-ring (bicyclic) bond motifs is 1. The number of aromatic amines is 1. The molecule has 8 nitrogen and oxygen atoms in total. The first-order valence-electron chi connectivity index (χ1n) is 11.2. The number of imidazole rings is 1. The maximum absolute atomic E-state index is 14.6. The van der Waals surface area contributed by atoms with Gasteiger partial charge in [0, 0.05) is 54.5 Å². The van der Waals surface area contributed by atoms with Crippen molar-refractivity contribution in [3.63, 3.8) is 0 Å². The average molecular weight is 517 g/mol. The van der Waals surface area contributed by atoms with Crippen LogP contribution in [0, 0.1) is 5.82 Å². The van der Waals surface area contributed by atoms with Gasteiger partial charge in [-0.05, 0) is 30.3 Å². The van der Waals surface area contributed by atoms with Crippen LogP contribution in [0.2, 0.25) is 10.0 Å². The molecule has 1 aliphatic heterocycles. The second-order valence-corrected chi connectivity index (χ2v) is 9.39. The molecule has 2 aromatic carbocycles. The van der Waals surface area contributed by atoms with E-state index < -0.39 is 17.1 Å². The second kappa shape index (κ2) is 9.49. The quantitative estimate of drug-likeness (QED) is 0.440. The summed E-state index contributed by atoms with van der Waals surface area (Å²) < 4.78 is 17.6. The number of H-pyrrole nitrogens is 1. The molecule has 11 heteroatoms. The van der Waals surface area contributed by atoms with E-state index in [0.717, 1.165) is 31.9 Å². The zero-order valence-corrected chi connectivity index (χ0v) is 20.5. The summed E-state index contributed by atoms with van der Waals surface area (Å²) in [6.45, 7) is 3.54. The Labute approximate surface area is 210 Å². The van der Waals surface area contributed by atoms with Crippen molar-refractivity contribution in [2.45, 2.75) is 13.1 Å². The van der Waals surface area contributed by atoms with Gasteiger partial charge in [0.15, 0.2) is 11.2 Å². The Balaban J connectivity index is 1.47. The van der Waals surface area contributed by atoms with E-state index in [1.54, 1.807) is 17.7 Å². The highest BCUT2D eigenvalue weighted by Crippen LogP contribution is 2.24. The molecule has 5 rings (SSSR count). The highest BCUT2D eigenvalue weighted by Gasteiger charge is 2.23. The van der Waals surface area contributed by atoms with Crippen LogP contribution in [-0.4, -0.2) is 50.2 Å². The number of rotatable bonds is 5. The van der Waals surface area contributed by atoms with Crippen molar-refractivity contribution in [2.75, 3.05) is 31.1 Å². The van der Waals surface area contributed by atoms with Crippen LogP contribution < -0.4 is 16.1 Å². The molecule has 1 aliphatic rings. The lowest BCUT2D eigenvalue weighted by molar-refractivity contribution is 0.241. The van der Waals surface area contributed by atoms with E-state index in [1.807, 2.05) is 24.3 Å². The number of halogens is 3. The summed E-state index contributed by atoms with van der Waals surface area (Å²) >= 11 is 12.4. The molecule has 1 N–H and O–H groups in total. The summed E-state index contributed by atoms with van der Waals surface area (Å²) in [5.41, 5.74) is 0.657. The summed E-state index contributed by atoms with van der Waals surface area (Å²) in [5.74, 6) is 0.0870. The summed E-state index contributed by atoms with van der Waals surface area (Å²) in [6.07, 6.45) is 0. The van der Waals surface area contributed by atoms with Gasteiger partial charge in [0.05, 0.1) is 13.1 Å². The average Bonchev–Trinajstić information content (AvgIpc) is 3.19. The molecule has 4 aromatic rings. The van der Waals surface area contributed by atoms with Crippen LogP contribution in [0.25, 0.3) is 11.2 Å². The van der Waals surface area contributed by atoms with Gasteiger partial charge in [-0.3, -0.25) is 19.2 Å². The predicted octanol–water partition coefficient (Wildman–Crippen LogP) is 3.24. The number of anilines is 1. The van der Waals surface area contributed by atoms with Crippen LogP contribution in [0.5, 0.6) is 0 Å². The van der Waals surface area contributed by atoms with E-state index in [4.69, 9.17) is 23.2 Å². The second-order valence-electron chi connectivity index (χ2n) is 8.55. The predicted molar refractivity (Wildman–Crippen MR) is 135 cm³/mol. The Morgan fingerprint density at radius 3 is 2.49 bits per heavy atom. The molecule has 0 amide bonds. The van der Waals surface area contributed by atoms with Crippen molar-refractivity contribution in [1.82, 2.24) is 24.0 Å². The molecule has 0 unspecified atom stereocenters. The first kappa shape index (κ1) is 23.6. The smallest absolute Gasteiger partial charge is 0.329 e. The van der Waals surface area contributed by atoms with E-state index in [-0.39, 0.29) is 28.3 Å². The number of piperazine rings is 1. The normalized spacial score (nSPS) is 14.7. The molecule has 0 spiro atoms. The first-order chi connectivity index (χ1) is 16.8. The fourth-order valence-electron chi connectivity index (χ4n) is 4.45. The third-order valence-corrected chi connectivity index (χ3v) is 6.96. The SMILES string of the molecule is Cn1c(=O)[nH]c(=O)c2c1nc(CN1CCN(c3cccc(Cl)c3)CC1)n2Cc1c(F)cccc1Cl. The molecule has 0 radical (unpaired) electrons. The van der Waals surface area contributed by atoms with Gasteiger partial charge in [-0.2, -0.15) is 0 Å². The maximum atomic E-state index is 14.6. The van der Waals surface area contributed by atoms with Gasteiger partial charge in [-0.15, -0.1) is 0 Å². The summed E-state index contributed by atoms with van der Waals surface area (Å²) in [7, 11) is 1.54. The monoisotopic (exact) mass is 516 g/mol. The van der Waals surface area contributed by atoms with Gasteiger partial charge in [0.2, 0.25) is 0 Å². The molecule has 182 valence electrons. The van der Waals surface area contributed by atoms with E-state index in [0.29, 0.717) is 17.4 Å². The largest absolute Gasteiger partial charge is 0.369 e. The first-order valence-corrected chi connectivity index (χ1v) is 11.9. The van der Waals surface area contributed by atoms with Gasteiger partial charge in [-0.25, -0.2) is 14.2 Å². The van der Waals surface area contributed by atoms with Crippen molar-refractivity contribution >= 4 is 40.1 Å². The van der Waals surface area contributed by atoms with Crippen LogP contribution in [0.3, 0.4) is 0 Å². The molecular formula is C24H23Cl2FN6O2. The van der Waals surface area contributed by atoms with Crippen LogP contribution in [0.4, 0.5) is 10.1 Å². The number of hydrogen-bond donors (Lipinski definition) is 1. The van der Waals surface area contributed by atoms with Gasteiger partial charge >= 0.3 is 5.69 Å². The van der Waals surface area contributed by atoms with Gasteiger partial charge in [0.25, 0.3) is 5.56 Å². The Morgan fingerprint density at radius 2 is 1.77 bits per heavy atom. The standard InChI is InChI=1S/C24H23Cl2FN6O2/c1-30-22-21(23(34)29-24(30)35)33(13-17-18(26)6-3-7-19(17)27)20(28-22)14-31-8-10-32(11-9-31)16-5-2-4-15(25)12-16/h2-7,12H,8-11,13-14H2,1H3,(H,29,34,35). The van der Waals surface area contributed by atoms with E-state index in [1.165, 1.54) is 16.7 Å². The Hall–Kier alpha value is -3.14. The number of nitrogens with zero attached hydrogens (tertiary/aromatic N) is 5. The molecule has 35 heavy (non-hydrogen) atoms. The van der Waals surface area contributed by atoms with Gasteiger partial charge < -0.3 is 9.47 Å². The molecule has 0 saturated carbocycles. The van der Waals surface area contributed by atoms with Crippen LogP contribution in [0.1, 0.15) is 11.4 Å². The lowest BCUT2D eigenvalue weighted by Crippen LogP contribution is -2.46. The number of benzene rings is 2. The Kier molecular flexibility index (Phi) is 6.39.